The van der Waals surface area contributed by atoms with Crippen molar-refractivity contribution in [2.45, 2.75) is 32.1 Å². The fourth-order valence-corrected chi connectivity index (χ4v) is 3.07. The van der Waals surface area contributed by atoms with E-state index in [-0.39, 0.29) is 0 Å². The molecule has 1 aromatic rings. The molecule has 5 nitrogen and oxygen atoms in total. The van der Waals surface area contributed by atoms with Crippen molar-refractivity contribution in [2.75, 3.05) is 42.9 Å². The molecule has 0 saturated carbocycles. The van der Waals surface area contributed by atoms with Gasteiger partial charge in [-0.1, -0.05) is 0 Å². The van der Waals surface area contributed by atoms with Gasteiger partial charge in [0.25, 0.3) is 0 Å². The molecule has 0 amide bonds. The van der Waals surface area contributed by atoms with Gasteiger partial charge in [-0.25, -0.2) is 9.97 Å². The van der Waals surface area contributed by atoms with Gasteiger partial charge in [-0.2, -0.15) is 0 Å². The van der Waals surface area contributed by atoms with Crippen LogP contribution in [-0.4, -0.2) is 42.7 Å². The van der Waals surface area contributed by atoms with E-state index in [0.717, 1.165) is 50.3 Å². The first-order chi connectivity index (χ1) is 9.92. The molecule has 0 spiro atoms. The molecule has 0 radical (unpaired) electrons. The highest BCUT2D eigenvalue weighted by Gasteiger charge is 2.14. The second-order valence-electron chi connectivity index (χ2n) is 5.88. The van der Waals surface area contributed by atoms with Crippen LogP contribution < -0.4 is 15.5 Å². The van der Waals surface area contributed by atoms with Crippen molar-refractivity contribution in [3.8, 4) is 0 Å². The predicted molar refractivity (Wildman–Crippen MR) is 82.2 cm³/mol. The molecule has 2 fully saturated rings. The summed E-state index contributed by atoms with van der Waals surface area (Å²) in [6, 6.07) is 2.10. The second-order valence-corrected chi connectivity index (χ2v) is 5.88. The highest BCUT2D eigenvalue weighted by Crippen LogP contribution is 2.20. The fraction of sp³-hybridized carbons (Fsp3) is 0.733. The van der Waals surface area contributed by atoms with E-state index in [4.69, 9.17) is 0 Å². The van der Waals surface area contributed by atoms with E-state index < -0.39 is 0 Å². The van der Waals surface area contributed by atoms with Crippen LogP contribution in [0.15, 0.2) is 12.4 Å². The van der Waals surface area contributed by atoms with Crippen molar-refractivity contribution in [1.82, 2.24) is 15.3 Å². The van der Waals surface area contributed by atoms with Crippen molar-refractivity contribution in [3.63, 3.8) is 0 Å². The molecule has 0 aromatic carbocycles. The third-order valence-corrected chi connectivity index (χ3v) is 4.36. The molecule has 3 heterocycles. The summed E-state index contributed by atoms with van der Waals surface area (Å²) in [4.78, 5) is 11.2. The topological polar surface area (TPSA) is 53.1 Å². The van der Waals surface area contributed by atoms with Gasteiger partial charge in [0.1, 0.15) is 18.0 Å². The van der Waals surface area contributed by atoms with Crippen LogP contribution in [0.25, 0.3) is 0 Å². The zero-order valence-corrected chi connectivity index (χ0v) is 12.1. The lowest BCUT2D eigenvalue weighted by Crippen LogP contribution is -2.31. The first-order valence-corrected chi connectivity index (χ1v) is 7.93. The van der Waals surface area contributed by atoms with Crippen molar-refractivity contribution in [1.29, 1.82) is 0 Å². The monoisotopic (exact) mass is 275 g/mol. The molecule has 2 aliphatic rings. The number of hydrogen-bond donors (Lipinski definition) is 2. The number of aromatic nitrogens is 2. The van der Waals surface area contributed by atoms with E-state index in [1.54, 1.807) is 6.33 Å². The number of piperidine rings is 2. The van der Waals surface area contributed by atoms with Gasteiger partial charge in [-0.3, -0.25) is 0 Å². The quantitative estimate of drug-likeness (QED) is 0.878. The molecule has 110 valence electrons. The van der Waals surface area contributed by atoms with Gasteiger partial charge >= 0.3 is 0 Å². The third kappa shape index (κ3) is 3.60. The molecule has 20 heavy (non-hydrogen) atoms. The summed E-state index contributed by atoms with van der Waals surface area (Å²) in [6.07, 6.45) is 8.12. The first-order valence-electron chi connectivity index (χ1n) is 7.93. The average molecular weight is 275 g/mol. The summed E-state index contributed by atoms with van der Waals surface area (Å²) in [5, 5.41) is 6.89. The first kappa shape index (κ1) is 13.6. The molecule has 0 atom stereocenters. The Morgan fingerprint density at radius 3 is 2.75 bits per heavy atom. The molecule has 0 bridgehead atoms. The summed E-state index contributed by atoms with van der Waals surface area (Å²) < 4.78 is 0. The van der Waals surface area contributed by atoms with Crippen LogP contribution in [0.1, 0.15) is 32.1 Å². The minimum absolute atomic E-state index is 0.768. The molecule has 2 saturated heterocycles. The van der Waals surface area contributed by atoms with Gasteiger partial charge in [0.15, 0.2) is 0 Å². The SMILES string of the molecule is c1nc(NCC2CCNCC2)cc(N2CCCCC2)n1. The third-order valence-electron chi connectivity index (χ3n) is 4.36. The molecule has 0 unspecified atom stereocenters. The van der Waals surface area contributed by atoms with Crippen LogP contribution in [0.4, 0.5) is 11.6 Å². The molecular weight excluding hydrogens is 250 g/mol. The van der Waals surface area contributed by atoms with Crippen LogP contribution in [0.5, 0.6) is 0 Å². The van der Waals surface area contributed by atoms with E-state index in [1.165, 1.54) is 32.1 Å². The Bertz CT molecular complexity index is 410. The molecule has 2 aliphatic heterocycles. The van der Waals surface area contributed by atoms with Crippen LogP contribution in [0, 0.1) is 5.92 Å². The zero-order chi connectivity index (χ0) is 13.6. The van der Waals surface area contributed by atoms with Gasteiger partial charge in [-0.05, 0) is 51.1 Å². The summed E-state index contributed by atoms with van der Waals surface area (Å²) in [7, 11) is 0. The lowest BCUT2D eigenvalue weighted by molar-refractivity contribution is 0.389. The van der Waals surface area contributed by atoms with Gasteiger partial charge in [0.2, 0.25) is 0 Å². The zero-order valence-electron chi connectivity index (χ0n) is 12.1. The lowest BCUT2D eigenvalue weighted by atomic mass is 9.98. The maximum absolute atomic E-state index is 4.42. The molecule has 1 aromatic heterocycles. The number of anilines is 2. The van der Waals surface area contributed by atoms with E-state index in [2.05, 4.69) is 31.6 Å². The Morgan fingerprint density at radius 2 is 1.95 bits per heavy atom. The van der Waals surface area contributed by atoms with Crippen molar-refractivity contribution in [2.24, 2.45) is 5.92 Å². The molecule has 0 aliphatic carbocycles. The van der Waals surface area contributed by atoms with E-state index in [1.807, 2.05) is 0 Å². The summed E-state index contributed by atoms with van der Waals surface area (Å²) in [6.45, 7) is 5.58. The highest BCUT2D eigenvalue weighted by molar-refractivity contribution is 5.48. The van der Waals surface area contributed by atoms with Crippen molar-refractivity contribution < 1.29 is 0 Å². The maximum atomic E-state index is 4.42. The Morgan fingerprint density at radius 1 is 1.15 bits per heavy atom. The maximum Gasteiger partial charge on any atom is 0.134 e. The molecular formula is C15H25N5. The van der Waals surface area contributed by atoms with Crippen molar-refractivity contribution >= 4 is 11.6 Å². The minimum Gasteiger partial charge on any atom is -0.370 e. The van der Waals surface area contributed by atoms with E-state index in [9.17, 15) is 0 Å². The summed E-state index contributed by atoms with van der Waals surface area (Å²) >= 11 is 0. The minimum atomic E-state index is 0.768. The van der Waals surface area contributed by atoms with Crippen LogP contribution in [0.3, 0.4) is 0 Å². The molecule has 2 N–H and O–H groups in total. The Kier molecular flexibility index (Phi) is 4.69. The average Bonchev–Trinajstić information content (AvgIpc) is 2.55. The Balaban J connectivity index is 1.56. The van der Waals surface area contributed by atoms with Crippen LogP contribution >= 0.6 is 0 Å². The lowest BCUT2D eigenvalue weighted by Gasteiger charge is -2.28. The predicted octanol–water partition coefficient (Wildman–Crippen LogP) is 1.88. The van der Waals surface area contributed by atoms with Gasteiger partial charge < -0.3 is 15.5 Å². The number of nitrogens with one attached hydrogen (secondary N) is 2. The van der Waals surface area contributed by atoms with Crippen LogP contribution in [0.2, 0.25) is 0 Å². The number of nitrogens with zero attached hydrogens (tertiary/aromatic N) is 3. The number of rotatable bonds is 4. The fourth-order valence-electron chi connectivity index (χ4n) is 3.07. The summed E-state index contributed by atoms with van der Waals surface area (Å²) in [5.41, 5.74) is 0. The molecule has 5 heteroatoms. The largest absolute Gasteiger partial charge is 0.370 e. The van der Waals surface area contributed by atoms with E-state index >= 15 is 0 Å². The van der Waals surface area contributed by atoms with E-state index in [0.29, 0.717) is 0 Å². The second kappa shape index (κ2) is 6.88. The van der Waals surface area contributed by atoms with Gasteiger partial charge in [0, 0.05) is 25.7 Å². The van der Waals surface area contributed by atoms with Gasteiger partial charge in [-0.15, -0.1) is 0 Å². The number of hydrogen-bond acceptors (Lipinski definition) is 5. The standard InChI is InChI=1S/C15H25N5/c1-2-8-20(9-3-1)15-10-14(18-12-19-15)17-11-13-4-6-16-7-5-13/h10,12-13,16H,1-9,11H2,(H,17,18,19). The normalized spacial score (nSPS) is 20.9. The highest BCUT2D eigenvalue weighted by atomic mass is 15.2. The van der Waals surface area contributed by atoms with Crippen LogP contribution in [-0.2, 0) is 0 Å². The Labute approximate surface area is 121 Å². The summed E-state index contributed by atoms with van der Waals surface area (Å²) in [5.74, 6) is 2.82. The Hall–Kier alpha value is -1.36. The van der Waals surface area contributed by atoms with Crippen molar-refractivity contribution in [3.05, 3.63) is 12.4 Å². The molecule has 3 rings (SSSR count). The smallest absolute Gasteiger partial charge is 0.134 e. The van der Waals surface area contributed by atoms with Gasteiger partial charge in [0.05, 0.1) is 0 Å².